The molecule has 0 aliphatic carbocycles. The van der Waals surface area contributed by atoms with E-state index in [9.17, 15) is 5.11 Å². The maximum absolute atomic E-state index is 9.54. The van der Waals surface area contributed by atoms with Crippen molar-refractivity contribution in [3.05, 3.63) is 11.8 Å². The Bertz CT molecular complexity index is 288. The number of aliphatic hydroxyl groups excluding tert-OH is 1. The molecule has 0 unspecified atom stereocenters. The number of H-pyrrole nitrogens is 1. The number of nitrogen functional groups attached to an aromatic ring is 1. The van der Waals surface area contributed by atoms with Gasteiger partial charge < -0.3 is 15.9 Å². The number of anilines is 1. The zero-order chi connectivity index (χ0) is 10.1. The maximum Gasteiger partial charge on any atom is 0.235 e. The number of aromatic amines is 1. The minimum atomic E-state index is -0.828. The maximum atomic E-state index is 9.54. The van der Waals surface area contributed by atoms with Crippen molar-refractivity contribution in [1.82, 2.24) is 5.10 Å². The van der Waals surface area contributed by atoms with Crippen LogP contribution >= 0.6 is 0 Å². The van der Waals surface area contributed by atoms with Gasteiger partial charge in [-0.1, -0.05) is 0 Å². The summed E-state index contributed by atoms with van der Waals surface area (Å²) in [6, 6.07) is 1.64. The van der Waals surface area contributed by atoms with Gasteiger partial charge in [-0.15, -0.1) is 9.78 Å². The molecule has 5 nitrogen and oxygen atoms in total. The summed E-state index contributed by atoms with van der Waals surface area (Å²) < 4.78 is 1.63. The summed E-state index contributed by atoms with van der Waals surface area (Å²) in [6.07, 6.45) is 0. The van der Waals surface area contributed by atoms with Crippen LogP contribution in [0.25, 0.3) is 0 Å². The van der Waals surface area contributed by atoms with Gasteiger partial charge in [0.1, 0.15) is 12.2 Å². The van der Waals surface area contributed by atoms with Crippen LogP contribution in [0.3, 0.4) is 0 Å². The molecule has 0 atom stereocenters. The Labute approximate surface area is 76.8 Å². The lowest BCUT2D eigenvalue weighted by Gasteiger charge is -2.11. The highest BCUT2D eigenvalue weighted by molar-refractivity contribution is 5.25. The molecule has 74 valence electrons. The highest BCUT2D eigenvalue weighted by Crippen LogP contribution is 2.04. The fourth-order valence-electron chi connectivity index (χ4n) is 1.18. The SMILES string of the molecule is CC(C)(O)C[n+]1[nH]c(N)cc1CO. The molecule has 1 heterocycles. The first-order chi connectivity index (χ1) is 5.92. The fourth-order valence-corrected chi connectivity index (χ4v) is 1.18. The van der Waals surface area contributed by atoms with Crippen molar-refractivity contribution in [3.8, 4) is 0 Å². The second-order valence-electron chi connectivity index (χ2n) is 3.76. The van der Waals surface area contributed by atoms with Crippen LogP contribution in [-0.2, 0) is 13.2 Å². The predicted molar refractivity (Wildman–Crippen MR) is 47.6 cm³/mol. The topological polar surface area (TPSA) is 86.2 Å². The molecule has 0 spiro atoms. The van der Waals surface area contributed by atoms with Gasteiger partial charge in [0.2, 0.25) is 5.69 Å². The highest BCUT2D eigenvalue weighted by atomic mass is 16.3. The minimum Gasteiger partial charge on any atom is -0.385 e. The molecule has 5 N–H and O–H groups in total. The molecule has 0 radical (unpaired) electrons. The summed E-state index contributed by atoms with van der Waals surface area (Å²) >= 11 is 0. The van der Waals surface area contributed by atoms with Gasteiger partial charge in [-0.25, -0.2) is 0 Å². The van der Waals surface area contributed by atoms with Gasteiger partial charge in [0, 0.05) is 0 Å². The number of hydrogen-bond donors (Lipinski definition) is 4. The van der Waals surface area contributed by atoms with Gasteiger partial charge in [-0.2, -0.15) is 0 Å². The first-order valence-corrected chi connectivity index (χ1v) is 4.13. The summed E-state index contributed by atoms with van der Waals surface area (Å²) in [5.74, 6) is 0.480. The van der Waals surface area contributed by atoms with E-state index >= 15 is 0 Å². The first kappa shape index (κ1) is 10.0. The molecule has 0 amide bonds. The Hall–Kier alpha value is -1.07. The standard InChI is InChI=1S/C8H15N3O2/c1-8(2,13)5-11-6(4-12)3-7(9)10-11/h3,12-13H,4-5H2,1-2H3,(H2,9,10)/p+1. The smallest absolute Gasteiger partial charge is 0.235 e. The van der Waals surface area contributed by atoms with Crippen LogP contribution in [0, 0.1) is 0 Å². The molecule has 0 saturated carbocycles. The summed E-state index contributed by atoms with van der Waals surface area (Å²) in [4.78, 5) is 0. The zero-order valence-electron chi connectivity index (χ0n) is 7.91. The number of hydrogen-bond acceptors (Lipinski definition) is 3. The van der Waals surface area contributed by atoms with Gasteiger partial charge in [-0.3, -0.25) is 0 Å². The van der Waals surface area contributed by atoms with Crippen LogP contribution in [0.2, 0.25) is 0 Å². The molecule has 0 fully saturated rings. The predicted octanol–water partition coefficient (Wildman–Crippen LogP) is -0.852. The summed E-state index contributed by atoms with van der Waals surface area (Å²) in [7, 11) is 0. The van der Waals surface area contributed by atoms with Crippen molar-refractivity contribution >= 4 is 5.82 Å². The van der Waals surface area contributed by atoms with E-state index in [4.69, 9.17) is 10.8 Å². The molecule has 1 aromatic rings. The normalized spacial score (nSPS) is 12.0. The molecule has 0 aliphatic rings. The van der Waals surface area contributed by atoms with Crippen LogP contribution in [-0.4, -0.2) is 20.9 Å². The third kappa shape index (κ3) is 2.71. The Morgan fingerprint density at radius 1 is 1.62 bits per heavy atom. The highest BCUT2D eigenvalue weighted by Gasteiger charge is 2.23. The van der Waals surface area contributed by atoms with E-state index in [1.807, 2.05) is 0 Å². The molecule has 13 heavy (non-hydrogen) atoms. The lowest BCUT2D eigenvalue weighted by molar-refractivity contribution is -0.767. The van der Waals surface area contributed by atoms with Gasteiger partial charge in [0.15, 0.2) is 12.4 Å². The number of aliphatic hydroxyl groups is 2. The third-order valence-electron chi connectivity index (χ3n) is 1.64. The van der Waals surface area contributed by atoms with E-state index in [1.165, 1.54) is 0 Å². The van der Waals surface area contributed by atoms with Crippen LogP contribution in [0.15, 0.2) is 6.07 Å². The molecular weight excluding hydrogens is 170 g/mol. The van der Waals surface area contributed by atoms with Crippen LogP contribution in [0.4, 0.5) is 5.82 Å². The first-order valence-electron chi connectivity index (χ1n) is 4.13. The van der Waals surface area contributed by atoms with E-state index in [2.05, 4.69) is 5.10 Å². The molecule has 0 aromatic carbocycles. The quantitative estimate of drug-likeness (QED) is 0.464. The van der Waals surface area contributed by atoms with Crippen molar-refractivity contribution in [2.45, 2.75) is 32.6 Å². The van der Waals surface area contributed by atoms with Crippen LogP contribution in [0.1, 0.15) is 19.5 Å². The fraction of sp³-hybridized carbons (Fsp3) is 0.625. The molecule has 1 rings (SSSR count). The van der Waals surface area contributed by atoms with Gasteiger partial charge in [-0.05, 0) is 13.8 Å². The summed E-state index contributed by atoms with van der Waals surface area (Å²) in [5.41, 5.74) is 5.34. The van der Waals surface area contributed by atoms with E-state index < -0.39 is 5.60 Å². The molecule has 1 aromatic heterocycles. The number of nitrogens with two attached hydrogens (primary N) is 1. The summed E-state index contributed by atoms with van der Waals surface area (Å²) in [5, 5.41) is 21.3. The van der Waals surface area contributed by atoms with Crippen molar-refractivity contribution in [3.63, 3.8) is 0 Å². The largest absolute Gasteiger partial charge is 0.385 e. The second-order valence-corrected chi connectivity index (χ2v) is 3.76. The van der Waals surface area contributed by atoms with Crippen molar-refractivity contribution in [2.24, 2.45) is 0 Å². The monoisotopic (exact) mass is 186 g/mol. The molecule has 0 bridgehead atoms. The zero-order valence-corrected chi connectivity index (χ0v) is 7.91. The lowest BCUT2D eigenvalue weighted by Crippen LogP contribution is -2.48. The van der Waals surface area contributed by atoms with E-state index in [0.29, 0.717) is 18.1 Å². The molecule has 5 heteroatoms. The van der Waals surface area contributed by atoms with Gasteiger partial charge >= 0.3 is 0 Å². The van der Waals surface area contributed by atoms with E-state index in [-0.39, 0.29) is 6.61 Å². The van der Waals surface area contributed by atoms with E-state index in [0.717, 1.165) is 0 Å². The van der Waals surface area contributed by atoms with Gasteiger partial charge in [0.05, 0.1) is 6.07 Å². The summed E-state index contributed by atoms with van der Waals surface area (Å²) in [6.45, 7) is 3.67. The average Bonchev–Trinajstić information content (AvgIpc) is 2.27. The number of nitrogens with one attached hydrogen (secondary N) is 1. The van der Waals surface area contributed by atoms with Gasteiger partial charge in [0.25, 0.3) is 0 Å². The van der Waals surface area contributed by atoms with Crippen molar-refractivity contribution in [1.29, 1.82) is 0 Å². The third-order valence-corrected chi connectivity index (χ3v) is 1.64. The Morgan fingerprint density at radius 2 is 2.23 bits per heavy atom. The Balaban J connectivity index is 2.87. The molecule has 0 saturated heterocycles. The van der Waals surface area contributed by atoms with Crippen molar-refractivity contribution < 1.29 is 14.9 Å². The molecular formula is C8H16N3O2+. The average molecular weight is 186 g/mol. The van der Waals surface area contributed by atoms with Crippen LogP contribution < -0.4 is 10.4 Å². The lowest BCUT2D eigenvalue weighted by atomic mass is 10.1. The number of nitrogens with zero attached hydrogens (tertiary/aromatic N) is 1. The number of rotatable bonds is 3. The number of aromatic nitrogens is 2. The minimum absolute atomic E-state index is 0.0935. The Morgan fingerprint density at radius 3 is 2.69 bits per heavy atom. The van der Waals surface area contributed by atoms with Crippen molar-refractivity contribution in [2.75, 3.05) is 5.73 Å². The second kappa shape index (κ2) is 3.35. The Kier molecular flexibility index (Phi) is 2.58. The molecule has 0 aliphatic heterocycles. The van der Waals surface area contributed by atoms with E-state index in [1.54, 1.807) is 24.6 Å². The van der Waals surface area contributed by atoms with Crippen LogP contribution in [0.5, 0.6) is 0 Å².